The molecule has 0 aromatic heterocycles. The first kappa shape index (κ1) is 13.3. The maximum atomic E-state index is 13.7. The molecule has 1 heterocycles. The number of halogens is 1. The zero-order chi connectivity index (χ0) is 13.3. The second-order valence-electron chi connectivity index (χ2n) is 4.23. The van der Waals surface area contributed by atoms with Gasteiger partial charge < -0.3 is 10.5 Å². The van der Waals surface area contributed by atoms with Crippen LogP contribution in [0.2, 0.25) is 0 Å². The van der Waals surface area contributed by atoms with Crippen LogP contribution in [0.5, 0.6) is 0 Å². The molecule has 7 heteroatoms. The van der Waals surface area contributed by atoms with E-state index in [9.17, 15) is 12.8 Å². The molecule has 0 amide bonds. The number of hydrogen-bond acceptors (Lipinski definition) is 4. The predicted octanol–water partition coefficient (Wildman–Crippen LogP) is 0.817. The molecule has 1 aliphatic heterocycles. The molecule has 1 atom stereocenters. The summed E-state index contributed by atoms with van der Waals surface area (Å²) in [7, 11) is -3.87. The summed E-state index contributed by atoms with van der Waals surface area (Å²) in [6.45, 7) is 2.56. The van der Waals surface area contributed by atoms with Crippen LogP contribution < -0.4 is 5.73 Å². The van der Waals surface area contributed by atoms with Crippen molar-refractivity contribution in [3.63, 3.8) is 0 Å². The standard InChI is InChI=1S/C11H15FN2O3S/c1-8-7-17-5-4-14(8)18(15,16)11-6-9(13)2-3-10(11)12/h2-3,6,8H,4-5,7,13H2,1H3. The molecule has 2 N–H and O–H groups in total. The fourth-order valence-corrected chi connectivity index (χ4v) is 3.61. The second-order valence-corrected chi connectivity index (χ2v) is 6.09. The fraction of sp³-hybridized carbons (Fsp3) is 0.455. The lowest BCUT2D eigenvalue weighted by molar-refractivity contribution is 0.0392. The summed E-state index contributed by atoms with van der Waals surface area (Å²) in [5.74, 6) is -0.789. The third-order valence-corrected chi connectivity index (χ3v) is 4.88. The van der Waals surface area contributed by atoms with E-state index in [4.69, 9.17) is 10.5 Å². The molecule has 2 rings (SSSR count). The van der Waals surface area contributed by atoms with Crippen LogP contribution >= 0.6 is 0 Å². The van der Waals surface area contributed by atoms with Gasteiger partial charge in [-0.1, -0.05) is 0 Å². The minimum absolute atomic E-state index is 0.218. The Kier molecular flexibility index (Phi) is 3.56. The number of benzene rings is 1. The van der Waals surface area contributed by atoms with E-state index in [2.05, 4.69) is 0 Å². The van der Waals surface area contributed by atoms with Crippen molar-refractivity contribution in [1.82, 2.24) is 4.31 Å². The van der Waals surface area contributed by atoms with Gasteiger partial charge in [-0.05, 0) is 25.1 Å². The predicted molar refractivity (Wildman–Crippen MR) is 65.0 cm³/mol. The quantitative estimate of drug-likeness (QED) is 0.810. The summed E-state index contributed by atoms with van der Waals surface area (Å²) >= 11 is 0. The van der Waals surface area contributed by atoms with Crippen LogP contribution in [0.3, 0.4) is 0 Å². The van der Waals surface area contributed by atoms with E-state index in [1.54, 1.807) is 6.92 Å². The number of hydrogen-bond donors (Lipinski definition) is 1. The first-order chi connectivity index (χ1) is 8.43. The van der Waals surface area contributed by atoms with Crippen molar-refractivity contribution in [1.29, 1.82) is 0 Å². The Morgan fingerprint density at radius 1 is 1.50 bits per heavy atom. The van der Waals surface area contributed by atoms with Crippen LogP contribution in [-0.2, 0) is 14.8 Å². The molecular formula is C11H15FN2O3S. The van der Waals surface area contributed by atoms with Crippen molar-refractivity contribution in [3.05, 3.63) is 24.0 Å². The minimum atomic E-state index is -3.87. The van der Waals surface area contributed by atoms with E-state index in [1.165, 1.54) is 10.4 Å². The Balaban J connectivity index is 2.44. The van der Waals surface area contributed by atoms with Gasteiger partial charge in [0.1, 0.15) is 10.7 Å². The van der Waals surface area contributed by atoms with Crippen LogP contribution in [0, 0.1) is 5.82 Å². The summed E-state index contributed by atoms with van der Waals surface area (Å²) in [4.78, 5) is -0.378. The van der Waals surface area contributed by atoms with Gasteiger partial charge in [-0.25, -0.2) is 12.8 Å². The lowest BCUT2D eigenvalue weighted by Crippen LogP contribution is -2.47. The lowest BCUT2D eigenvalue weighted by atomic mass is 10.3. The number of anilines is 1. The normalized spacial score (nSPS) is 22.0. The van der Waals surface area contributed by atoms with Gasteiger partial charge in [0.15, 0.2) is 0 Å². The highest BCUT2D eigenvalue weighted by Gasteiger charge is 2.33. The SMILES string of the molecule is CC1COCCN1S(=O)(=O)c1cc(N)ccc1F. The minimum Gasteiger partial charge on any atom is -0.399 e. The average molecular weight is 274 g/mol. The molecule has 0 radical (unpaired) electrons. The highest BCUT2D eigenvalue weighted by atomic mass is 32.2. The molecule has 0 aliphatic carbocycles. The molecule has 100 valence electrons. The molecular weight excluding hydrogens is 259 g/mol. The van der Waals surface area contributed by atoms with Gasteiger partial charge in [-0.2, -0.15) is 4.31 Å². The summed E-state index contributed by atoms with van der Waals surface area (Å²) in [6.07, 6.45) is 0. The Morgan fingerprint density at radius 2 is 2.22 bits per heavy atom. The molecule has 0 saturated carbocycles. The van der Waals surface area contributed by atoms with Gasteiger partial charge in [0.25, 0.3) is 0 Å². The van der Waals surface area contributed by atoms with Gasteiger partial charge in [0.05, 0.1) is 13.2 Å². The number of nitrogens with two attached hydrogens (primary N) is 1. The van der Waals surface area contributed by atoms with Crippen molar-refractivity contribution in [3.8, 4) is 0 Å². The van der Waals surface area contributed by atoms with Crippen molar-refractivity contribution in [2.24, 2.45) is 0 Å². The lowest BCUT2D eigenvalue weighted by Gasteiger charge is -2.32. The highest BCUT2D eigenvalue weighted by Crippen LogP contribution is 2.24. The molecule has 1 unspecified atom stereocenters. The maximum absolute atomic E-state index is 13.7. The molecule has 0 bridgehead atoms. The summed E-state index contributed by atoms with van der Waals surface area (Å²) in [5, 5.41) is 0. The van der Waals surface area contributed by atoms with E-state index in [0.717, 1.165) is 12.1 Å². The zero-order valence-electron chi connectivity index (χ0n) is 9.97. The van der Waals surface area contributed by atoms with Gasteiger partial charge >= 0.3 is 0 Å². The van der Waals surface area contributed by atoms with E-state index in [-0.39, 0.29) is 23.2 Å². The molecule has 5 nitrogen and oxygen atoms in total. The fourth-order valence-electron chi connectivity index (χ4n) is 1.91. The molecule has 18 heavy (non-hydrogen) atoms. The first-order valence-electron chi connectivity index (χ1n) is 5.57. The van der Waals surface area contributed by atoms with Gasteiger partial charge in [-0.15, -0.1) is 0 Å². The van der Waals surface area contributed by atoms with Crippen molar-refractivity contribution >= 4 is 15.7 Å². The van der Waals surface area contributed by atoms with Crippen molar-refractivity contribution < 1.29 is 17.5 Å². The van der Waals surface area contributed by atoms with E-state index in [1.807, 2.05) is 0 Å². The number of nitrogens with zero attached hydrogens (tertiary/aromatic N) is 1. The van der Waals surface area contributed by atoms with Crippen LogP contribution in [0.1, 0.15) is 6.92 Å². The van der Waals surface area contributed by atoms with Gasteiger partial charge in [0, 0.05) is 18.3 Å². The van der Waals surface area contributed by atoms with Crippen LogP contribution in [0.4, 0.5) is 10.1 Å². The molecule has 1 fully saturated rings. The monoisotopic (exact) mass is 274 g/mol. The van der Waals surface area contributed by atoms with Crippen molar-refractivity contribution in [2.75, 3.05) is 25.5 Å². The molecule has 1 saturated heterocycles. The third kappa shape index (κ3) is 2.33. The van der Waals surface area contributed by atoms with Gasteiger partial charge in [-0.3, -0.25) is 0 Å². The third-order valence-electron chi connectivity index (χ3n) is 2.85. The topological polar surface area (TPSA) is 72.6 Å². The van der Waals surface area contributed by atoms with Crippen molar-refractivity contribution in [2.45, 2.75) is 17.9 Å². The van der Waals surface area contributed by atoms with Gasteiger partial charge in [0.2, 0.25) is 10.0 Å². The molecule has 1 aromatic carbocycles. The first-order valence-corrected chi connectivity index (χ1v) is 7.01. The number of morpholine rings is 1. The van der Waals surface area contributed by atoms with Crippen LogP contribution in [0.25, 0.3) is 0 Å². The molecule has 1 aromatic rings. The Labute approximate surface area is 105 Å². The highest BCUT2D eigenvalue weighted by molar-refractivity contribution is 7.89. The van der Waals surface area contributed by atoms with E-state index >= 15 is 0 Å². The Bertz CT molecular complexity index is 547. The summed E-state index contributed by atoms with van der Waals surface area (Å²) < 4.78 is 44.8. The number of nitrogen functional groups attached to an aromatic ring is 1. The molecule has 0 spiro atoms. The van der Waals surface area contributed by atoms with Crippen LogP contribution in [-0.4, -0.2) is 38.5 Å². The van der Waals surface area contributed by atoms with E-state index < -0.39 is 15.8 Å². The van der Waals surface area contributed by atoms with E-state index in [0.29, 0.717) is 13.2 Å². The second kappa shape index (κ2) is 4.83. The maximum Gasteiger partial charge on any atom is 0.246 e. The number of ether oxygens (including phenoxy) is 1. The number of rotatable bonds is 2. The smallest absolute Gasteiger partial charge is 0.246 e. The van der Waals surface area contributed by atoms with Crippen LogP contribution in [0.15, 0.2) is 23.1 Å². The Hall–Kier alpha value is -1.18. The number of sulfonamides is 1. The largest absolute Gasteiger partial charge is 0.399 e. The average Bonchev–Trinajstić information content (AvgIpc) is 2.32. The molecule has 1 aliphatic rings. The Morgan fingerprint density at radius 3 is 2.89 bits per heavy atom. The zero-order valence-corrected chi connectivity index (χ0v) is 10.8. The summed E-state index contributed by atoms with van der Waals surface area (Å²) in [5.41, 5.74) is 5.73. The summed E-state index contributed by atoms with van der Waals surface area (Å²) in [6, 6.07) is 3.22.